The second-order valence-electron chi connectivity index (χ2n) is 3.34. The van der Waals surface area contributed by atoms with E-state index in [1.165, 1.54) is 10.9 Å². The molecule has 17 heavy (non-hydrogen) atoms. The van der Waals surface area contributed by atoms with Crippen molar-refractivity contribution in [1.82, 2.24) is 9.78 Å². The first-order chi connectivity index (χ1) is 7.99. The highest BCUT2D eigenvalue weighted by Crippen LogP contribution is 2.23. The minimum absolute atomic E-state index is 0.0413. The number of nitrogens with zero attached hydrogens (tertiary/aromatic N) is 2. The van der Waals surface area contributed by atoms with Gasteiger partial charge in [0.25, 0.3) is 5.91 Å². The molecule has 0 radical (unpaired) electrons. The quantitative estimate of drug-likeness (QED) is 0.799. The minimum Gasteiger partial charge on any atom is -0.396 e. The fraction of sp³-hybridized carbons (Fsp3) is 0. The number of hydrogen-bond acceptors (Lipinski definition) is 3. The normalized spacial score (nSPS) is 10.5. The van der Waals surface area contributed by atoms with Crippen molar-refractivity contribution in [2.24, 2.45) is 5.73 Å². The fourth-order valence-corrected chi connectivity index (χ4v) is 2.31. The lowest BCUT2D eigenvalue weighted by Gasteiger charge is -2.03. The van der Waals surface area contributed by atoms with Crippen molar-refractivity contribution in [1.29, 1.82) is 0 Å². The lowest BCUT2D eigenvalue weighted by atomic mass is 10.3. The van der Waals surface area contributed by atoms with Gasteiger partial charge in [-0.05, 0) is 40.8 Å². The number of anilines is 1. The number of hydrogen-bond donors (Lipinski definition) is 2. The molecule has 0 bridgehead atoms. The summed E-state index contributed by atoms with van der Waals surface area (Å²) >= 11 is 8.23. The van der Waals surface area contributed by atoms with Crippen LogP contribution in [0.2, 0.25) is 5.02 Å². The van der Waals surface area contributed by atoms with Crippen LogP contribution in [0, 0.1) is 3.57 Å². The predicted octanol–water partition coefficient (Wildman–Crippen LogP) is 1.81. The Morgan fingerprint density at radius 1 is 1.47 bits per heavy atom. The van der Waals surface area contributed by atoms with Crippen molar-refractivity contribution >= 4 is 45.8 Å². The fourth-order valence-electron chi connectivity index (χ4n) is 1.37. The van der Waals surface area contributed by atoms with Crippen molar-refractivity contribution in [3.63, 3.8) is 0 Å². The first-order valence-electron chi connectivity index (χ1n) is 4.59. The monoisotopic (exact) mass is 362 g/mol. The van der Waals surface area contributed by atoms with Crippen molar-refractivity contribution < 1.29 is 4.79 Å². The van der Waals surface area contributed by atoms with Gasteiger partial charge in [-0.1, -0.05) is 11.6 Å². The zero-order chi connectivity index (χ0) is 12.6. The third kappa shape index (κ3) is 2.37. The van der Waals surface area contributed by atoms with Crippen LogP contribution < -0.4 is 11.5 Å². The average molecular weight is 363 g/mol. The number of nitrogens with two attached hydrogens (primary N) is 2. The van der Waals surface area contributed by atoms with Gasteiger partial charge < -0.3 is 11.5 Å². The molecule has 5 nitrogen and oxygen atoms in total. The van der Waals surface area contributed by atoms with E-state index in [-0.39, 0.29) is 11.4 Å². The number of rotatable bonds is 2. The maximum atomic E-state index is 11.0. The van der Waals surface area contributed by atoms with Gasteiger partial charge in [-0.3, -0.25) is 4.79 Å². The highest BCUT2D eigenvalue weighted by Gasteiger charge is 2.13. The molecule has 2 aromatic rings. The molecule has 1 aromatic heterocycles. The second-order valence-corrected chi connectivity index (χ2v) is 4.99. The van der Waals surface area contributed by atoms with E-state index in [2.05, 4.69) is 27.7 Å². The van der Waals surface area contributed by atoms with Crippen LogP contribution >= 0.6 is 34.2 Å². The molecule has 0 atom stereocenters. The molecule has 0 aliphatic carbocycles. The van der Waals surface area contributed by atoms with Crippen LogP contribution in [0.25, 0.3) is 5.69 Å². The number of aromatic nitrogens is 2. The molecule has 0 spiro atoms. The summed E-state index contributed by atoms with van der Waals surface area (Å²) < 4.78 is 2.44. The molecule has 1 amide bonds. The van der Waals surface area contributed by atoms with E-state index in [1.807, 2.05) is 6.07 Å². The SMILES string of the molecule is NC(=O)c1nn(-c2ccc(I)cc2Cl)cc1N. The number of benzene rings is 1. The molecular weight excluding hydrogens is 354 g/mol. The molecule has 0 aliphatic rings. The predicted molar refractivity (Wildman–Crippen MR) is 74.2 cm³/mol. The molecular formula is C10H8ClIN4O. The maximum absolute atomic E-state index is 11.0. The zero-order valence-electron chi connectivity index (χ0n) is 8.52. The number of halogens is 2. The van der Waals surface area contributed by atoms with Gasteiger partial charge in [0.15, 0.2) is 5.69 Å². The van der Waals surface area contributed by atoms with Gasteiger partial charge in [-0.2, -0.15) is 5.10 Å². The first-order valence-corrected chi connectivity index (χ1v) is 6.05. The van der Waals surface area contributed by atoms with E-state index in [1.54, 1.807) is 12.1 Å². The standard InChI is InChI=1S/C10H8ClIN4O/c11-6-3-5(12)1-2-8(6)16-4-7(13)9(15-16)10(14)17/h1-4H,13H2,(H2,14,17). The largest absolute Gasteiger partial charge is 0.396 e. The zero-order valence-corrected chi connectivity index (χ0v) is 11.4. The molecule has 0 saturated heterocycles. The van der Waals surface area contributed by atoms with E-state index < -0.39 is 5.91 Å². The summed E-state index contributed by atoms with van der Waals surface area (Å²) in [5.41, 5.74) is 11.7. The lowest BCUT2D eigenvalue weighted by Crippen LogP contribution is -2.14. The number of carbonyl (C=O) groups is 1. The van der Waals surface area contributed by atoms with Crippen LogP contribution in [0.4, 0.5) is 5.69 Å². The van der Waals surface area contributed by atoms with Gasteiger partial charge in [0.2, 0.25) is 0 Å². The van der Waals surface area contributed by atoms with Gasteiger partial charge in [0.1, 0.15) is 0 Å². The summed E-state index contributed by atoms with van der Waals surface area (Å²) in [5.74, 6) is -0.664. The van der Waals surface area contributed by atoms with Gasteiger partial charge in [0.05, 0.1) is 22.6 Å². The molecule has 4 N–H and O–H groups in total. The van der Waals surface area contributed by atoms with Gasteiger partial charge in [0, 0.05) is 3.57 Å². The molecule has 88 valence electrons. The van der Waals surface area contributed by atoms with Crippen LogP contribution in [-0.4, -0.2) is 15.7 Å². The van der Waals surface area contributed by atoms with Crippen LogP contribution in [-0.2, 0) is 0 Å². The molecule has 1 aromatic carbocycles. The van der Waals surface area contributed by atoms with Gasteiger partial charge >= 0.3 is 0 Å². The van der Waals surface area contributed by atoms with Crippen molar-refractivity contribution in [3.8, 4) is 5.69 Å². The minimum atomic E-state index is -0.664. The Morgan fingerprint density at radius 2 is 2.18 bits per heavy atom. The summed E-state index contributed by atoms with van der Waals surface area (Å²) in [4.78, 5) is 11.0. The number of nitrogen functional groups attached to an aromatic ring is 1. The summed E-state index contributed by atoms with van der Waals surface area (Å²) in [6.45, 7) is 0. The Hall–Kier alpha value is -1.28. The van der Waals surface area contributed by atoms with Gasteiger partial charge in [-0.25, -0.2) is 4.68 Å². The molecule has 1 heterocycles. The Kier molecular flexibility index (Phi) is 3.25. The molecule has 7 heteroatoms. The van der Waals surface area contributed by atoms with Crippen LogP contribution in [0.3, 0.4) is 0 Å². The third-order valence-corrected chi connectivity index (χ3v) is 3.11. The molecule has 0 unspecified atom stereocenters. The van der Waals surface area contributed by atoms with E-state index in [9.17, 15) is 4.79 Å². The summed E-state index contributed by atoms with van der Waals surface area (Å²) in [7, 11) is 0. The van der Waals surface area contributed by atoms with Crippen molar-refractivity contribution in [2.75, 3.05) is 5.73 Å². The number of amides is 1. The molecule has 0 aliphatic heterocycles. The van der Waals surface area contributed by atoms with Crippen LogP contribution in [0.1, 0.15) is 10.5 Å². The van der Waals surface area contributed by atoms with Crippen molar-refractivity contribution in [2.45, 2.75) is 0 Å². The maximum Gasteiger partial charge on any atom is 0.271 e. The van der Waals surface area contributed by atoms with Crippen LogP contribution in [0.5, 0.6) is 0 Å². The van der Waals surface area contributed by atoms with E-state index >= 15 is 0 Å². The first kappa shape index (κ1) is 12.2. The average Bonchev–Trinajstić information content (AvgIpc) is 2.60. The van der Waals surface area contributed by atoms with Crippen molar-refractivity contribution in [3.05, 3.63) is 38.7 Å². The highest BCUT2D eigenvalue weighted by molar-refractivity contribution is 14.1. The molecule has 0 saturated carbocycles. The molecule has 2 rings (SSSR count). The number of carbonyl (C=O) groups excluding carboxylic acids is 1. The smallest absolute Gasteiger partial charge is 0.271 e. The summed E-state index contributed by atoms with van der Waals surface area (Å²) in [6, 6.07) is 5.46. The summed E-state index contributed by atoms with van der Waals surface area (Å²) in [6.07, 6.45) is 1.51. The molecule has 0 fully saturated rings. The third-order valence-electron chi connectivity index (χ3n) is 2.13. The van der Waals surface area contributed by atoms with E-state index in [4.69, 9.17) is 23.1 Å². The van der Waals surface area contributed by atoms with Crippen LogP contribution in [0.15, 0.2) is 24.4 Å². The highest BCUT2D eigenvalue weighted by atomic mass is 127. The topological polar surface area (TPSA) is 86.9 Å². The Bertz CT molecular complexity index is 596. The summed E-state index contributed by atoms with van der Waals surface area (Å²) in [5, 5.41) is 4.52. The lowest BCUT2D eigenvalue weighted by molar-refractivity contribution is 0.0996. The number of primary amides is 1. The van der Waals surface area contributed by atoms with E-state index in [0.717, 1.165) is 3.57 Å². The Labute approximate surface area is 116 Å². The second kappa shape index (κ2) is 4.53. The van der Waals surface area contributed by atoms with Gasteiger partial charge in [-0.15, -0.1) is 0 Å². The Balaban J connectivity index is 2.53. The Morgan fingerprint density at radius 3 is 2.71 bits per heavy atom. The van der Waals surface area contributed by atoms with E-state index in [0.29, 0.717) is 10.7 Å².